The van der Waals surface area contributed by atoms with Crippen molar-refractivity contribution in [1.82, 2.24) is 9.88 Å². The number of nitrogens with zero attached hydrogens (tertiary/aromatic N) is 4. The molecule has 2 fully saturated rings. The van der Waals surface area contributed by atoms with Gasteiger partial charge in [-0.05, 0) is 55.0 Å². The number of aryl methyl sites for hydroxylation is 1. The summed E-state index contributed by atoms with van der Waals surface area (Å²) in [6, 6.07) is 12.9. The minimum absolute atomic E-state index is 0.0694. The van der Waals surface area contributed by atoms with Crippen LogP contribution in [0.1, 0.15) is 18.4 Å². The van der Waals surface area contributed by atoms with Crippen LogP contribution in [0.3, 0.4) is 0 Å². The fourth-order valence-corrected chi connectivity index (χ4v) is 5.55. The second-order valence-electron chi connectivity index (χ2n) is 8.40. The number of hydrogen-bond donors (Lipinski definition) is 0. The highest BCUT2D eigenvalue weighted by Gasteiger charge is 2.32. The molecule has 5 nitrogen and oxygen atoms in total. The highest BCUT2D eigenvalue weighted by molar-refractivity contribution is 7.17. The van der Waals surface area contributed by atoms with Crippen molar-refractivity contribution in [2.45, 2.75) is 19.8 Å². The molecule has 5 rings (SSSR count). The molecule has 0 spiro atoms. The fraction of sp³-hybridized carbons (Fsp3) is 0.417. The molecule has 2 aliphatic heterocycles. The second kappa shape index (κ2) is 8.26. The van der Waals surface area contributed by atoms with Gasteiger partial charge in [-0.25, -0.2) is 4.98 Å². The van der Waals surface area contributed by atoms with Crippen molar-refractivity contribution < 1.29 is 4.79 Å². The molecule has 0 radical (unpaired) electrons. The third-order valence-corrected chi connectivity index (χ3v) is 7.27. The van der Waals surface area contributed by atoms with E-state index in [4.69, 9.17) is 0 Å². The first-order chi connectivity index (χ1) is 14.7. The van der Waals surface area contributed by atoms with Crippen LogP contribution < -0.4 is 9.80 Å². The maximum Gasteiger partial charge on any atom is 0.227 e. The smallest absolute Gasteiger partial charge is 0.227 e. The molecule has 1 atom stereocenters. The van der Waals surface area contributed by atoms with Crippen molar-refractivity contribution in [3.63, 3.8) is 0 Å². The average Bonchev–Trinajstić information content (AvgIpc) is 3.28. The minimum atomic E-state index is 0.0694. The van der Waals surface area contributed by atoms with Crippen molar-refractivity contribution in [2.75, 3.05) is 49.1 Å². The Balaban J connectivity index is 1.24. The number of hydrogen-bond acceptors (Lipinski definition) is 5. The molecule has 3 aromatic rings. The van der Waals surface area contributed by atoms with Crippen molar-refractivity contribution in [1.29, 1.82) is 0 Å². The summed E-state index contributed by atoms with van der Waals surface area (Å²) in [6.07, 6.45) is 3.92. The number of carbonyl (C=O) groups is 1. The number of fused-ring (bicyclic) bond motifs is 1. The van der Waals surface area contributed by atoms with Gasteiger partial charge in [0, 0.05) is 61.2 Å². The molecule has 2 aromatic heterocycles. The Morgan fingerprint density at radius 1 is 1.07 bits per heavy atom. The predicted octanol–water partition coefficient (Wildman–Crippen LogP) is 4.17. The lowest BCUT2D eigenvalue weighted by molar-refractivity contribution is -0.136. The van der Waals surface area contributed by atoms with Crippen LogP contribution in [0.4, 0.5) is 11.5 Å². The van der Waals surface area contributed by atoms with Gasteiger partial charge < -0.3 is 14.7 Å². The predicted molar refractivity (Wildman–Crippen MR) is 125 cm³/mol. The van der Waals surface area contributed by atoms with Crippen LogP contribution >= 0.6 is 11.3 Å². The Hall–Kier alpha value is -2.60. The molecule has 0 bridgehead atoms. The number of piperazine rings is 1. The monoisotopic (exact) mass is 420 g/mol. The van der Waals surface area contributed by atoms with Crippen LogP contribution in [0.15, 0.2) is 48.0 Å². The van der Waals surface area contributed by atoms with Gasteiger partial charge in [0.05, 0.1) is 5.92 Å². The highest BCUT2D eigenvalue weighted by Crippen LogP contribution is 2.31. The summed E-state index contributed by atoms with van der Waals surface area (Å²) in [7, 11) is 0. The Morgan fingerprint density at radius 3 is 2.77 bits per heavy atom. The number of piperidine rings is 1. The molecule has 30 heavy (non-hydrogen) atoms. The molecule has 1 amide bonds. The number of pyridine rings is 1. The minimum Gasteiger partial charge on any atom is -0.368 e. The van der Waals surface area contributed by atoms with Crippen LogP contribution in [0.2, 0.25) is 0 Å². The van der Waals surface area contributed by atoms with Crippen molar-refractivity contribution in [3.8, 4) is 0 Å². The summed E-state index contributed by atoms with van der Waals surface area (Å²) in [6.45, 7) is 7.31. The number of anilines is 2. The van der Waals surface area contributed by atoms with Crippen LogP contribution in [-0.2, 0) is 4.79 Å². The summed E-state index contributed by atoms with van der Waals surface area (Å²) < 4.78 is 1.26. The standard InChI is InChI=1S/C24H28N4OS/c1-18-4-2-6-20(16-18)26-11-13-27(14-12-26)24(29)19-5-3-10-28(17-19)23-21-8-15-30-22(21)7-9-25-23/h2,4,6-9,15-16,19H,3,5,10-14,17H2,1H3. The third-order valence-electron chi connectivity index (χ3n) is 6.39. The van der Waals surface area contributed by atoms with Crippen LogP contribution in [0.25, 0.3) is 10.1 Å². The van der Waals surface area contributed by atoms with Crippen LogP contribution in [-0.4, -0.2) is 55.1 Å². The molecule has 2 aliphatic rings. The van der Waals surface area contributed by atoms with E-state index in [-0.39, 0.29) is 5.92 Å². The van der Waals surface area contributed by atoms with E-state index in [1.54, 1.807) is 11.3 Å². The lowest BCUT2D eigenvalue weighted by atomic mass is 9.96. The lowest BCUT2D eigenvalue weighted by Crippen LogP contribution is -2.52. The third kappa shape index (κ3) is 3.76. The normalized spacial score (nSPS) is 20.0. The molecule has 0 aliphatic carbocycles. The van der Waals surface area contributed by atoms with E-state index in [0.717, 1.165) is 57.9 Å². The van der Waals surface area contributed by atoms with E-state index in [9.17, 15) is 4.79 Å². The van der Waals surface area contributed by atoms with Gasteiger partial charge in [0.1, 0.15) is 5.82 Å². The molecular formula is C24H28N4OS. The van der Waals surface area contributed by atoms with Crippen LogP contribution in [0, 0.1) is 12.8 Å². The number of rotatable bonds is 3. The Labute approximate surface area is 181 Å². The SMILES string of the molecule is Cc1cccc(N2CCN(C(=O)C3CCCN(c4nccc5sccc45)C3)CC2)c1. The van der Waals surface area contributed by atoms with Gasteiger partial charge in [0.15, 0.2) is 0 Å². The quantitative estimate of drug-likeness (QED) is 0.638. The molecule has 1 unspecified atom stereocenters. The summed E-state index contributed by atoms with van der Waals surface area (Å²) in [5.41, 5.74) is 2.54. The molecular weight excluding hydrogens is 392 g/mol. The fourth-order valence-electron chi connectivity index (χ4n) is 4.77. The van der Waals surface area contributed by atoms with Gasteiger partial charge in [0.2, 0.25) is 5.91 Å². The highest BCUT2D eigenvalue weighted by atomic mass is 32.1. The first-order valence-electron chi connectivity index (χ1n) is 10.9. The topological polar surface area (TPSA) is 39.7 Å². The van der Waals surface area contributed by atoms with Crippen LogP contribution in [0.5, 0.6) is 0 Å². The van der Waals surface area contributed by atoms with E-state index >= 15 is 0 Å². The van der Waals surface area contributed by atoms with E-state index < -0.39 is 0 Å². The number of thiophene rings is 1. The second-order valence-corrected chi connectivity index (χ2v) is 9.35. The van der Waals surface area contributed by atoms with Crippen molar-refractivity contribution in [3.05, 3.63) is 53.5 Å². The van der Waals surface area contributed by atoms with E-state index in [1.165, 1.54) is 21.3 Å². The largest absolute Gasteiger partial charge is 0.368 e. The molecule has 0 saturated carbocycles. The first kappa shape index (κ1) is 19.4. The Bertz CT molecular complexity index is 1040. The lowest BCUT2D eigenvalue weighted by Gasteiger charge is -2.40. The Kier molecular flexibility index (Phi) is 5.34. The maximum atomic E-state index is 13.3. The molecule has 2 saturated heterocycles. The number of carbonyl (C=O) groups excluding carboxylic acids is 1. The Morgan fingerprint density at radius 2 is 1.93 bits per heavy atom. The molecule has 6 heteroatoms. The summed E-state index contributed by atoms with van der Waals surface area (Å²) in [4.78, 5) is 24.8. The molecule has 1 aromatic carbocycles. The van der Waals surface area contributed by atoms with E-state index in [0.29, 0.717) is 5.91 Å². The first-order valence-corrected chi connectivity index (χ1v) is 11.7. The molecule has 4 heterocycles. The van der Waals surface area contributed by atoms with Gasteiger partial charge >= 0.3 is 0 Å². The van der Waals surface area contributed by atoms with Crippen molar-refractivity contribution in [2.24, 2.45) is 5.92 Å². The summed E-state index contributed by atoms with van der Waals surface area (Å²) >= 11 is 1.75. The number of benzene rings is 1. The van der Waals surface area contributed by atoms with E-state index in [2.05, 4.69) is 68.4 Å². The van der Waals surface area contributed by atoms with Gasteiger partial charge in [-0.1, -0.05) is 12.1 Å². The molecule has 156 valence electrons. The summed E-state index contributed by atoms with van der Waals surface area (Å²) in [5, 5.41) is 3.33. The van der Waals surface area contributed by atoms with Gasteiger partial charge in [0.25, 0.3) is 0 Å². The summed E-state index contributed by atoms with van der Waals surface area (Å²) in [5.74, 6) is 1.43. The zero-order chi connectivity index (χ0) is 20.5. The van der Waals surface area contributed by atoms with E-state index in [1.807, 2.05) is 6.20 Å². The van der Waals surface area contributed by atoms with Crippen molar-refractivity contribution >= 4 is 38.8 Å². The average molecular weight is 421 g/mol. The van der Waals surface area contributed by atoms with Gasteiger partial charge in [-0.3, -0.25) is 4.79 Å². The number of amides is 1. The maximum absolute atomic E-state index is 13.3. The zero-order valence-corrected chi connectivity index (χ0v) is 18.3. The van der Waals surface area contributed by atoms with Gasteiger partial charge in [-0.15, -0.1) is 11.3 Å². The number of aromatic nitrogens is 1. The molecule has 0 N–H and O–H groups in total. The van der Waals surface area contributed by atoms with Gasteiger partial charge in [-0.2, -0.15) is 0 Å². The zero-order valence-electron chi connectivity index (χ0n) is 17.5.